The van der Waals surface area contributed by atoms with E-state index in [1.807, 2.05) is 0 Å². The first-order valence-corrected chi connectivity index (χ1v) is 22.0. The van der Waals surface area contributed by atoms with Crippen LogP contribution in [0.1, 0.15) is 0 Å². The first-order chi connectivity index (χ1) is 31.7. The van der Waals surface area contributed by atoms with Crippen molar-refractivity contribution in [2.45, 2.75) is 0 Å². The maximum Gasteiger partial charge on any atom is 0.0619 e. The summed E-state index contributed by atoms with van der Waals surface area (Å²) in [6.07, 6.45) is 0. The van der Waals surface area contributed by atoms with Crippen LogP contribution in [0.4, 0.5) is 17.1 Å². The molecule has 300 valence electrons. The van der Waals surface area contributed by atoms with Crippen molar-refractivity contribution in [2.24, 2.45) is 0 Å². The molecule has 0 aliphatic heterocycles. The minimum absolute atomic E-state index is 1.09. The molecule has 64 heavy (non-hydrogen) atoms. The monoisotopic (exact) mass is 814 g/mol. The molecular weight excluding hydrogens is 773 g/mol. The molecule has 0 N–H and O–H groups in total. The van der Waals surface area contributed by atoms with Crippen LogP contribution in [0.5, 0.6) is 0 Å². The summed E-state index contributed by atoms with van der Waals surface area (Å²) in [6.45, 7) is 0. The molecule has 2 nitrogen and oxygen atoms in total. The molecule has 12 rings (SSSR count). The fourth-order valence-electron chi connectivity index (χ4n) is 9.74. The van der Waals surface area contributed by atoms with Gasteiger partial charge in [0.25, 0.3) is 0 Å². The summed E-state index contributed by atoms with van der Waals surface area (Å²) in [5.41, 5.74) is 16.4. The second-order valence-electron chi connectivity index (χ2n) is 16.5. The summed E-state index contributed by atoms with van der Waals surface area (Å²) >= 11 is 0. The molecule has 0 aliphatic carbocycles. The molecule has 11 aromatic carbocycles. The van der Waals surface area contributed by atoms with Crippen LogP contribution < -0.4 is 4.90 Å². The average Bonchev–Trinajstić information content (AvgIpc) is 3.73. The van der Waals surface area contributed by atoms with Crippen LogP contribution in [0.15, 0.2) is 255 Å². The number of para-hydroxylation sites is 1. The fraction of sp³-hybridized carbons (Fsp3) is 0. The SMILES string of the molecule is c1ccc(-c2ccccc2-c2ccc(N(c3ccc(-c4ccc5ccccc5c4)cc3)c3cccc(-c4cccc5c4c4ccc6ccccc6c4n5-c4ccccc4)c3)cc2)cc1. The van der Waals surface area contributed by atoms with E-state index in [2.05, 4.69) is 264 Å². The second kappa shape index (κ2) is 15.8. The quantitative estimate of drug-likeness (QED) is 0.148. The van der Waals surface area contributed by atoms with Crippen LogP contribution in [0.3, 0.4) is 0 Å². The number of hydrogen-bond acceptors (Lipinski definition) is 1. The lowest BCUT2D eigenvalue weighted by Gasteiger charge is -2.26. The van der Waals surface area contributed by atoms with E-state index in [9.17, 15) is 0 Å². The molecule has 0 saturated heterocycles. The number of rotatable bonds is 8. The van der Waals surface area contributed by atoms with Crippen molar-refractivity contribution in [2.75, 3.05) is 4.90 Å². The van der Waals surface area contributed by atoms with Gasteiger partial charge in [-0.25, -0.2) is 0 Å². The Hall–Kier alpha value is -8.46. The van der Waals surface area contributed by atoms with Crippen molar-refractivity contribution in [3.05, 3.63) is 255 Å². The topological polar surface area (TPSA) is 8.17 Å². The first kappa shape index (κ1) is 37.3. The number of benzene rings is 11. The predicted molar refractivity (Wildman–Crippen MR) is 272 cm³/mol. The highest BCUT2D eigenvalue weighted by molar-refractivity contribution is 6.22. The summed E-state index contributed by atoms with van der Waals surface area (Å²) in [5, 5.41) is 7.45. The molecule has 0 unspecified atom stereocenters. The third-order valence-electron chi connectivity index (χ3n) is 12.8. The highest BCUT2D eigenvalue weighted by Gasteiger charge is 2.20. The van der Waals surface area contributed by atoms with Gasteiger partial charge in [0.1, 0.15) is 0 Å². The molecule has 0 aliphatic rings. The van der Waals surface area contributed by atoms with Gasteiger partial charge in [0.05, 0.1) is 11.0 Å². The molecule has 0 bridgehead atoms. The molecule has 0 radical (unpaired) electrons. The van der Waals surface area contributed by atoms with Gasteiger partial charge < -0.3 is 9.47 Å². The van der Waals surface area contributed by atoms with Crippen molar-refractivity contribution in [3.8, 4) is 50.2 Å². The molecule has 0 saturated carbocycles. The standard InChI is InChI=1S/C62H42N2/c1-3-16-45(17-4-1)55-24-11-12-25-56(55)47-33-38-53(39-34-47)63(52-36-31-44(32-37-52)49-30-29-43-15-7-8-19-48(43)41-49)54-23-13-20-50(42-54)57-27-14-28-60-61(57)59-40-35-46-18-9-10-26-58(46)62(59)64(60)51-21-5-2-6-22-51/h1-42H. The van der Waals surface area contributed by atoms with Gasteiger partial charge in [-0.05, 0) is 121 Å². The molecule has 1 heterocycles. The summed E-state index contributed by atoms with van der Waals surface area (Å²) in [5.74, 6) is 0. The molecule has 2 heteroatoms. The molecule has 12 aromatic rings. The normalized spacial score (nSPS) is 11.4. The van der Waals surface area contributed by atoms with Gasteiger partial charge in [-0.2, -0.15) is 0 Å². The predicted octanol–water partition coefficient (Wildman–Crippen LogP) is 17.2. The lowest BCUT2D eigenvalue weighted by atomic mass is 9.94. The van der Waals surface area contributed by atoms with Crippen LogP contribution in [0.25, 0.3) is 93.5 Å². The van der Waals surface area contributed by atoms with E-state index in [0.29, 0.717) is 0 Å². The molecule has 1 aromatic heterocycles. The number of fused-ring (bicyclic) bond motifs is 6. The molecule has 0 spiro atoms. The van der Waals surface area contributed by atoms with Crippen molar-refractivity contribution >= 4 is 60.4 Å². The Bertz CT molecular complexity index is 3640. The maximum absolute atomic E-state index is 2.45. The minimum atomic E-state index is 1.09. The van der Waals surface area contributed by atoms with E-state index in [-0.39, 0.29) is 0 Å². The lowest BCUT2D eigenvalue weighted by Crippen LogP contribution is -2.10. The molecule has 0 amide bonds. The van der Waals surface area contributed by atoms with Gasteiger partial charge in [0.2, 0.25) is 0 Å². The number of hydrogen-bond donors (Lipinski definition) is 0. The van der Waals surface area contributed by atoms with Gasteiger partial charge in [-0.15, -0.1) is 0 Å². The fourth-order valence-corrected chi connectivity index (χ4v) is 9.74. The zero-order valence-electron chi connectivity index (χ0n) is 35.1. The van der Waals surface area contributed by atoms with E-state index < -0.39 is 0 Å². The van der Waals surface area contributed by atoms with Crippen molar-refractivity contribution in [1.29, 1.82) is 0 Å². The Kier molecular flexibility index (Phi) is 9.20. The Balaban J connectivity index is 1.01. The van der Waals surface area contributed by atoms with Gasteiger partial charge in [0.15, 0.2) is 0 Å². The van der Waals surface area contributed by atoms with Crippen LogP contribution in [0.2, 0.25) is 0 Å². The van der Waals surface area contributed by atoms with Gasteiger partial charge in [-0.1, -0.05) is 194 Å². The Labute approximate surface area is 373 Å². The summed E-state index contributed by atoms with van der Waals surface area (Å²) < 4.78 is 2.45. The Morgan fingerprint density at radius 2 is 0.828 bits per heavy atom. The first-order valence-electron chi connectivity index (χ1n) is 22.0. The molecule has 0 atom stereocenters. The third-order valence-corrected chi connectivity index (χ3v) is 12.8. The van der Waals surface area contributed by atoms with Crippen LogP contribution in [0, 0.1) is 0 Å². The summed E-state index contributed by atoms with van der Waals surface area (Å²) in [7, 11) is 0. The van der Waals surface area contributed by atoms with E-state index in [0.717, 1.165) is 28.3 Å². The average molecular weight is 815 g/mol. The van der Waals surface area contributed by atoms with Gasteiger partial charge in [-0.3, -0.25) is 0 Å². The van der Waals surface area contributed by atoms with Crippen molar-refractivity contribution in [3.63, 3.8) is 0 Å². The van der Waals surface area contributed by atoms with Crippen LogP contribution >= 0.6 is 0 Å². The lowest BCUT2D eigenvalue weighted by molar-refractivity contribution is 1.19. The van der Waals surface area contributed by atoms with Gasteiger partial charge >= 0.3 is 0 Å². The summed E-state index contributed by atoms with van der Waals surface area (Å²) in [4.78, 5) is 2.39. The Morgan fingerprint density at radius 3 is 1.58 bits per heavy atom. The van der Waals surface area contributed by atoms with Crippen molar-refractivity contribution in [1.82, 2.24) is 4.57 Å². The number of aromatic nitrogens is 1. The smallest absolute Gasteiger partial charge is 0.0619 e. The molecular formula is C62H42N2. The zero-order chi connectivity index (χ0) is 42.4. The Morgan fingerprint density at radius 1 is 0.281 bits per heavy atom. The minimum Gasteiger partial charge on any atom is -0.310 e. The maximum atomic E-state index is 2.45. The highest BCUT2D eigenvalue weighted by atomic mass is 15.1. The van der Waals surface area contributed by atoms with E-state index in [1.165, 1.54) is 82.3 Å². The zero-order valence-corrected chi connectivity index (χ0v) is 35.1. The summed E-state index contributed by atoms with van der Waals surface area (Å²) in [6, 6.07) is 92.6. The van der Waals surface area contributed by atoms with Crippen LogP contribution in [-0.2, 0) is 0 Å². The van der Waals surface area contributed by atoms with E-state index in [1.54, 1.807) is 0 Å². The van der Waals surface area contributed by atoms with E-state index >= 15 is 0 Å². The van der Waals surface area contributed by atoms with Gasteiger partial charge in [0, 0.05) is 38.9 Å². The van der Waals surface area contributed by atoms with Crippen molar-refractivity contribution < 1.29 is 0 Å². The highest BCUT2D eigenvalue weighted by Crippen LogP contribution is 2.44. The number of anilines is 3. The number of nitrogens with zero attached hydrogens (tertiary/aromatic N) is 2. The molecule has 0 fully saturated rings. The second-order valence-corrected chi connectivity index (χ2v) is 16.5. The van der Waals surface area contributed by atoms with E-state index in [4.69, 9.17) is 0 Å². The largest absolute Gasteiger partial charge is 0.310 e. The van der Waals surface area contributed by atoms with Crippen LogP contribution in [-0.4, -0.2) is 4.57 Å². The third kappa shape index (κ3) is 6.52.